The molecule has 1 saturated heterocycles. The molecule has 2 aliphatic rings. The van der Waals surface area contributed by atoms with E-state index in [4.69, 9.17) is 10.00 Å². The Morgan fingerprint density at radius 2 is 1.92 bits per heavy atom. The molecule has 0 radical (unpaired) electrons. The minimum Gasteiger partial charge on any atom is -0.438 e. The van der Waals surface area contributed by atoms with Crippen LogP contribution in [0, 0.1) is 25.2 Å². The monoisotopic (exact) mass is 501 g/mol. The van der Waals surface area contributed by atoms with Gasteiger partial charge >= 0.3 is 0 Å². The zero-order chi connectivity index (χ0) is 25.8. The summed E-state index contributed by atoms with van der Waals surface area (Å²) in [5.41, 5.74) is 3.25. The fourth-order valence-corrected chi connectivity index (χ4v) is 4.53. The highest BCUT2D eigenvalue weighted by atomic mass is 16.5. The fourth-order valence-electron chi connectivity index (χ4n) is 4.53. The first kappa shape index (κ1) is 24.6. The Labute approximate surface area is 215 Å². The van der Waals surface area contributed by atoms with Crippen molar-refractivity contribution >= 4 is 11.9 Å². The number of carbonyl (C=O) groups is 1. The van der Waals surface area contributed by atoms with Crippen LogP contribution in [0.2, 0.25) is 0 Å². The molecule has 3 heterocycles. The summed E-state index contributed by atoms with van der Waals surface area (Å²) in [5, 5.41) is 23.9. The number of anilines is 1. The summed E-state index contributed by atoms with van der Waals surface area (Å²) in [4.78, 5) is 23.2. The quantitative estimate of drug-likeness (QED) is 0.454. The van der Waals surface area contributed by atoms with Gasteiger partial charge in [0.2, 0.25) is 17.7 Å². The third kappa shape index (κ3) is 6.59. The maximum absolute atomic E-state index is 12.0. The van der Waals surface area contributed by atoms with E-state index in [0.29, 0.717) is 35.7 Å². The number of nitriles is 1. The Kier molecular flexibility index (Phi) is 7.28. The molecule has 5 rings (SSSR count). The smallest absolute Gasteiger partial charge is 0.242 e. The van der Waals surface area contributed by atoms with E-state index in [1.807, 2.05) is 32.2 Å². The second kappa shape index (κ2) is 10.9. The first-order chi connectivity index (χ1) is 17.9. The van der Waals surface area contributed by atoms with Gasteiger partial charge in [-0.3, -0.25) is 9.69 Å². The lowest BCUT2D eigenvalue weighted by atomic mass is 10.1. The molecule has 11 nitrogen and oxygen atoms in total. The molecule has 0 atom stereocenters. The van der Waals surface area contributed by atoms with E-state index in [1.165, 1.54) is 0 Å². The van der Waals surface area contributed by atoms with Crippen LogP contribution >= 0.6 is 0 Å². The molecule has 2 N–H and O–H groups in total. The molecule has 0 unspecified atom stereocenters. The summed E-state index contributed by atoms with van der Waals surface area (Å²) in [5.74, 6) is 1.69. The lowest BCUT2D eigenvalue weighted by Gasteiger charge is -2.31. The lowest BCUT2D eigenvalue weighted by Crippen LogP contribution is -2.39. The number of nitrogens with zero attached hydrogens (tertiary/aromatic N) is 7. The Morgan fingerprint density at radius 1 is 1.16 bits per heavy atom. The van der Waals surface area contributed by atoms with Gasteiger partial charge in [0.1, 0.15) is 12.3 Å². The number of hydrogen-bond donors (Lipinski definition) is 2. The van der Waals surface area contributed by atoms with Crippen molar-refractivity contribution in [1.82, 2.24) is 35.2 Å². The number of nitrogens with one attached hydrogen (secondary N) is 2. The van der Waals surface area contributed by atoms with Crippen molar-refractivity contribution in [3.63, 3.8) is 0 Å². The molecule has 37 heavy (non-hydrogen) atoms. The van der Waals surface area contributed by atoms with E-state index in [1.54, 1.807) is 16.9 Å². The van der Waals surface area contributed by atoms with Gasteiger partial charge in [0.15, 0.2) is 0 Å². The van der Waals surface area contributed by atoms with Crippen LogP contribution in [0.4, 0.5) is 5.95 Å². The lowest BCUT2D eigenvalue weighted by molar-refractivity contribution is -0.122. The van der Waals surface area contributed by atoms with Crippen LogP contribution in [-0.4, -0.2) is 60.9 Å². The Balaban J connectivity index is 1.10. The Bertz CT molecular complexity index is 1280. The van der Waals surface area contributed by atoms with Crippen molar-refractivity contribution < 1.29 is 9.53 Å². The minimum atomic E-state index is -0.00954. The number of benzene rings is 1. The van der Waals surface area contributed by atoms with Gasteiger partial charge in [-0.25, -0.2) is 9.67 Å². The van der Waals surface area contributed by atoms with Crippen molar-refractivity contribution in [2.45, 2.75) is 64.7 Å². The van der Waals surface area contributed by atoms with Crippen LogP contribution in [0.15, 0.2) is 30.6 Å². The van der Waals surface area contributed by atoms with Gasteiger partial charge in [0.05, 0.1) is 23.5 Å². The number of amides is 1. The van der Waals surface area contributed by atoms with Gasteiger partial charge in [-0.15, -0.1) is 5.10 Å². The highest BCUT2D eigenvalue weighted by molar-refractivity contribution is 5.76. The molecule has 0 spiro atoms. The summed E-state index contributed by atoms with van der Waals surface area (Å²) in [7, 11) is 0. The average molecular weight is 502 g/mol. The number of carbonyl (C=O) groups excluding carboxylic acids is 1. The molecule has 1 aromatic carbocycles. The van der Waals surface area contributed by atoms with Crippen LogP contribution in [0.3, 0.4) is 0 Å². The maximum Gasteiger partial charge on any atom is 0.242 e. The first-order valence-corrected chi connectivity index (χ1v) is 12.6. The SMILES string of the molecule is Cc1cc(C#N)cc(C)c1Oc1ccnc(NC2CCN(Cc3cn(CC(=O)NC4CC4)nn3)CC2)n1. The van der Waals surface area contributed by atoms with Crippen LogP contribution < -0.4 is 15.4 Å². The maximum atomic E-state index is 12.0. The van der Waals surface area contributed by atoms with Gasteiger partial charge in [0, 0.05) is 44.0 Å². The van der Waals surface area contributed by atoms with Gasteiger partial charge in [0.25, 0.3) is 0 Å². The number of likely N-dealkylation sites (tertiary alicyclic amines) is 1. The van der Waals surface area contributed by atoms with Crippen molar-refractivity contribution in [2.75, 3.05) is 18.4 Å². The molecule has 192 valence electrons. The number of hydrogen-bond acceptors (Lipinski definition) is 9. The van der Waals surface area contributed by atoms with Crippen molar-refractivity contribution in [1.29, 1.82) is 5.26 Å². The van der Waals surface area contributed by atoms with E-state index >= 15 is 0 Å². The number of aryl methyl sites for hydroxylation is 2. The van der Waals surface area contributed by atoms with Crippen molar-refractivity contribution in [3.8, 4) is 17.7 Å². The molecule has 3 aromatic rings. The molecule has 11 heteroatoms. The highest BCUT2D eigenvalue weighted by Gasteiger charge is 2.24. The molecular formula is C26H31N9O2. The fraction of sp³-hybridized carbons (Fsp3) is 0.462. The average Bonchev–Trinajstić information content (AvgIpc) is 3.59. The summed E-state index contributed by atoms with van der Waals surface area (Å²) in [6.45, 7) is 6.58. The Hall–Kier alpha value is -4.04. The van der Waals surface area contributed by atoms with Gasteiger partial charge in [-0.1, -0.05) is 5.21 Å². The molecule has 1 amide bonds. The predicted octanol–water partition coefficient (Wildman–Crippen LogP) is 2.70. The van der Waals surface area contributed by atoms with E-state index in [0.717, 1.165) is 55.6 Å². The number of ether oxygens (including phenoxy) is 1. The first-order valence-electron chi connectivity index (χ1n) is 12.6. The summed E-state index contributed by atoms with van der Waals surface area (Å²) in [6.07, 6.45) is 7.57. The zero-order valence-corrected chi connectivity index (χ0v) is 21.1. The molecular weight excluding hydrogens is 470 g/mol. The minimum absolute atomic E-state index is 0.00954. The van der Waals surface area contributed by atoms with Crippen LogP contribution in [0.25, 0.3) is 0 Å². The standard InChI is InChI=1S/C26H31N9O2/c1-17-11-19(13-27)12-18(2)25(17)37-24-5-8-28-26(31-24)30-21-6-9-34(10-7-21)14-22-15-35(33-32-22)16-23(36)29-20-3-4-20/h5,8,11-12,15,20-21H,3-4,6-7,9-10,14,16H2,1-2H3,(H,29,36)(H,28,30,31). The van der Waals surface area contributed by atoms with E-state index < -0.39 is 0 Å². The molecule has 1 aliphatic heterocycles. The van der Waals surface area contributed by atoms with E-state index in [-0.39, 0.29) is 18.5 Å². The van der Waals surface area contributed by atoms with Crippen LogP contribution in [0.5, 0.6) is 11.6 Å². The zero-order valence-electron chi connectivity index (χ0n) is 21.1. The summed E-state index contributed by atoms with van der Waals surface area (Å²) >= 11 is 0. The second-order valence-corrected chi connectivity index (χ2v) is 9.82. The summed E-state index contributed by atoms with van der Waals surface area (Å²) in [6, 6.07) is 8.12. The van der Waals surface area contributed by atoms with Gasteiger partial charge in [-0.05, 0) is 62.8 Å². The molecule has 1 aliphatic carbocycles. The highest BCUT2D eigenvalue weighted by Crippen LogP contribution is 2.29. The second-order valence-electron chi connectivity index (χ2n) is 9.82. The van der Waals surface area contributed by atoms with Gasteiger partial charge in [-0.2, -0.15) is 10.2 Å². The third-order valence-corrected chi connectivity index (χ3v) is 6.57. The molecule has 1 saturated carbocycles. The van der Waals surface area contributed by atoms with Crippen LogP contribution in [0.1, 0.15) is 48.1 Å². The van der Waals surface area contributed by atoms with E-state index in [9.17, 15) is 4.79 Å². The molecule has 2 aromatic heterocycles. The third-order valence-electron chi connectivity index (χ3n) is 6.57. The topological polar surface area (TPSA) is 134 Å². The van der Waals surface area contributed by atoms with E-state index in [2.05, 4.69) is 41.9 Å². The van der Waals surface area contributed by atoms with Crippen molar-refractivity contribution in [3.05, 3.63) is 53.0 Å². The van der Waals surface area contributed by atoms with Crippen molar-refractivity contribution in [2.24, 2.45) is 0 Å². The predicted molar refractivity (Wildman–Crippen MR) is 136 cm³/mol. The molecule has 2 fully saturated rings. The van der Waals surface area contributed by atoms with Crippen LogP contribution in [-0.2, 0) is 17.9 Å². The number of aromatic nitrogens is 5. The summed E-state index contributed by atoms with van der Waals surface area (Å²) < 4.78 is 7.66. The molecule has 0 bridgehead atoms. The number of piperidine rings is 1. The largest absolute Gasteiger partial charge is 0.438 e. The normalized spacial score (nSPS) is 16.2. The van der Waals surface area contributed by atoms with Gasteiger partial charge < -0.3 is 15.4 Å². The number of rotatable bonds is 9. The Morgan fingerprint density at radius 3 is 2.62 bits per heavy atom.